The Labute approximate surface area is 164 Å². The molecule has 2 aromatic rings. The number of aromatic nitrogens is 1. The second kappa shape index (κ2) is 8.07. The Morgan fingerprint density at radius 2 is 1.78 bits per heavy atom. The molecule has 1 aliphatic rings. The standard InChI is InChI=1S/C20H23N3O3S/c1-23-7-6-15-14(11-23)19(13(10-21)20(22-15)27-5)12-8-17(25-3)18(26-4)9-16(12)24-2/h8-9H,6-7,11H2,1-5H3. The van der Waals surface area contributed by atoms with E-state index in [9.17, 15) is 5.26 Å². The van der Waals surface area contributed by atoms with Gasteiger partial charge in [0.2, 0.25) is 0 Å². The van der Waals surface area contributed by atoms with Crippen molar-refractivity contribution in [2.45, 2.75) is 18.0 Å². The Morgan fingerprint density at radius 1 is 1.11 bits per heavy atom. The lowest BCUT2D eigenvalue weighted by Crippen LogP contribution is -2.28. The summed E-state index contributed by atoms with van der Waals surface area (Å²) in [5.74, 6) is 1.82. The first-order valence-corrected chi connectivity index (χ1v) is 9.79. The maximum absolute atomic E-state index is 9.94. The Kier molecular flexibility index (Phi) is 5.78. The van der Waals surface area contributed by atoms with Crippen LogP contribution in [0.5, 0.6) is 17.2 Å². The molecule has 0 unspecified atom stereocenters. The summed E-state index contributed by atoms with van der Waals surface area (Å²) in [4.78, 5) is 7.01. The van der Waals surface area contributed by atoms with Gasteiger partial charge in [-0.2, -0.15) is 5.26 Å². The highest BCUT2D eigenvalue weighted by molar-refractivity contribution is 7.98. The Balaban J connectivity index is 2.38. The molecule has 1 aliphatic heterocycles. The summed E-state index contributed by atoms with van der Waals surface area (Å²) >= 11 is 1.49. The molecule has 0 radical (unpaired) electrons. The number of fused-ring (bicyclic) bond motifs is 1. The van der Waals surface area contributed by atoms with Crippen LogP contribution in [0, 0.1) is 11.3 Å². The van der Waals surface area contributed by atoms with E-state index in [1.54, 1.807) is 27.4 Å². The summed E-state index contributed by atoms with van der Waals surface area (Å²) in [6, 6.07) is 6.05. The van der Waals surface area contributed by atoms with Crippen molar-refractivity contribution in [1.29, 1.82) is 5.26 Å². The molecule has 6 nitrogen and oxygen atoms in total. The van der Waals surface area contributed by atoms with Gasteiger partial charge in [0.1, 0.15) is 16.8 Å². The van der Waals surface area contributed by atoms with Crippen LogP contribution in [0.2, 0.25) is 0 Å². The number of nitriles is 1. The highest BCUT2D eigenvalue weighted by atomic mass is 32.2. The molecule has 0 aliphatic carbocycles. The topological polar surface area (TPSA) is 67.6 Å². The van der Waals surface area contributed by atoms with E-state index < -0.39 is 0 Å². The van der Waals surface area contributed by atoms with Gasteiger partial charge in [-0.05, 0) is 24.9 Å². The fourth-order valence-corrected chi connectivity index (χ4v) is 4.00. The monoisotopic (exact) mass is 385 g/mol. The fourth-order valence-electron chi connectivity index (χ4n) is 3.44. The zero-order chi connectivity index (χ0) is 19.6. The zero-order valence-electron chi connectivity index (χ0n) is 16.3. The number of methoxy groups -OCH3 is 3. The first-order valence-electron chi connectivity index (χ1n) is 8.56. The number of benzene rings is 1. The molecule has 1 aromatic heterocycles. The van der Waals surface area contributed by atoms with E-state index in [1.807, 2.05) is 12.3 Å². The lowest BCUT2D eigenvalue weighted by atomic mass is 9.91. The first kappa shape index (κ1) is 19.3. The van der Waals surface area contributed by atoms with Crippen molar-refractivity contribution >= 4 is 11.8 Å². The van der Waals surface area contributed by atoms with Crippen LogP contribution < -0.4 is 14.2 Å². The van der Waals surface area contributed by atoms with Crippen LogP contribution in [0.1, 0.15) is 16.8 Å². The minimum atomic E-state index is 0.571. The van der Waals surface area contributed by atoms with Gasteiger partial charge in [0.25, 0.3) is 0 Å². The van der Waals surface area contributed by atoms with Gasteiger partial charge in [-0.1, -0.05) is 0 Å². The summed E-state index contributed by atoms with van der Waals surface area (Å²) in [5, 5.41) is 10.7. The predicted octanol–water partition coefficient (Wildman–Crippen LogP) is 3.36. The van der Waals surface area contributed by atoms with E-state index in [1.165, 1.54) is 11.8 Å². The molecular formula is C20H23N3O3S. The second-order valence-corrected chi connectivity index (χ2v) is 7.10. The molecule has 3 rings (SSSR count). The van der Waals surface area contributed by atoms with E-state index >= 15 is 0 Å². The number of hydrogen-bond donors (Lipinski definition) is 0. The first-order chi connectivity index (χ1) is 13.1. The third-order valence-electron chi connectivity index (χ3n) is 4.79. The zero-order valence-corrected chi connectivity index (χ0v) is 17.1. The SMILES string of the molecule is COc1cc(OC)c(-c2c(C#N)c(SC)nc3c2CN(C)CC3)cc1OC. The number of hydrogen-bond acceptors (Lipinski definition) is 7. The molecule has 2 heterocycles. The van der Waals surface area contributed by atoms with E-state index in [4.69, 9.17) is 19.2 Å². The summed E-state index contributed by atoms with van der Waals surface area (Å²) in [6.45, 7) is 1.68. The van der Waals surface area contributed by atoms with Crippen LogP contribution in [0.25, 0.3) is 11.1 Å². The summed E-state index contributed by atoms with van der Waals surface area (Å²) in [7, 11) is 6.88. The van der Waals surface area contributed by atoms with Gasteiger partial charge in [-0.3, -0.25) is 0 Å². The molecular weight excluding hydrogens is 362 g/mol. The number of pyridine rings is 1. The third-order valence-corrected chi connectivity index (χ3v) is 5.47. The normalized spacial score (nSPS) is 13.6. The van der Waals surface area contributed by atoms with Gasteiger partial charge in [-0.25, -0.2) is 4.98 Å². The van der Waals surface area contributed by atoms with Crippen molar-refractivity contribution in [3.8, 4) is 34.4 Å². The van der Waals surface area contributed by atoms with E-state index in [0.29, 0.717) is 22.8 Å². The van der Waals surface area contributed by atoms with Crippen LogP contribution in [-0.4, -0.2) is 51.1 Å². The maximum Gasteiger partial charge on any atom is 0.164 e. The van der Waals surface area contributed by atoms with Gasteiger partial charge in [-0.15, -0.1) is 11.8 Å². The highest BCUT2D eigenvalue weighted by Crippen LogP contribution is 2.45. The Morgan fingerprint density at radius 3 is 2.37 bits per heavy atom. The van der Waals surface area contributed by atoms with Gasteiger partial charge in [0, 0.05) is 42.4 Å². The van der Waals surface area contributed by atoms with Crippen molar-refractivity contribution in [3.05, 3.63) is 29.0 Å². The second-order valence-electron chi connectivity index (χ2n) is 6.30. The predicted molar refractivity (Wildman–Crippen MR) is 106 cm³/mol. The van der Waals surface area contributed by atoms with Gasteiger partial charge in [0.15, 0.2) is 11.5 Å². The molecule has 0 N–H and O–H groups in total. The minimum Gasteiger partial charge on any atom is -0.496 e. The van der Waals surface area contributed by atoms with Gasteiger partial charge in [0.05, 0.1) is 26.9 Å². The fraction of sp³-hybridized carbons (Fsp3) is 0.400. The average Bonchev–Trinajstić information content (AvgIpc) is 2.71. The molecule has 0 spiro atoms. The summed E-state index contributed by atoms with van der Waals surface area (Å²) in [6.07, 6.45) is 2.80. The number of nitrogens with zero attached hydrogens (tertiary/aromatic N) is 3. The average molecular weight is 385 g/mol. The Bertz CT molecular complexity index is 909. The van der Waals surface area contributed by atoms with Crippen molar-refractivity contribution in [1.82, 2.24) is 9.88 Å². The van der Waals surface area contributed by atoms with Crippen molar-refractivity contribution < 1.29 is 14.2 Å². The Hall–Kier alpha value is -2.43. The van der Waals surface area contributed by atoms with Crippen LogP contribution in [0.15, 0.2) is 17.2 Å². The largest absolute Gasteiger partial charge is 0.496 e. The molecule has 0 bridgehead atoms. The van der Waals surface area contributed by atoms with E-state index in [-0.39, 0.29) is 0 Å². The molecule has 27 heavy (non-hydrogen) atoms. The molecule has 0 fully saturated rings. The lowest BCUT2D eigenvalue weighted by Gasteiger charge is -2.28. The van der Waals surface area contributed by atoms with Crippen LogP contribution in [-0.2, 0) is 13.0 Å². The van der Waals surface area contributed by atoms with E-state index in [2.05, 4.69) is 18.0 Å². The third kappa shape index (κ3) is 3.43. The maximum atomic E-state index is 9.94. The van der Waals surface area contributed by atoms with Crippen LogP contribution in [0.3, 0.4) is 0 Å². The van der Waals surface area contributed by atoms with Crippen molar-refractivity contribution in [3.63, 3.8) is 0 Å². The lowest BCUT2D eigenvalue weighted by molar-refractivity contribution is 0.309. The molecule has 0 atom stereocenters. The number of thioether (sulfide) groups is 1. The molecule has 7 heteroatoms. The van der Waals surface area contributed by atoms with E-state index in [0.717, 1.165) is 46.9 Å². The molecule has 0 saturated carbocycles. The minimum absolute atomic E-state index is 0.571. The summed E-state index contributed by atoms with van der Waals surface area (Å²) < 4.78 is 16.6. The smallest absolute Gasteiger partial charge is 0.164 e. The highest BCUT2D eigenvalue weighted by Gasteiger charge is 2.27. The summed E-state index contributed by atoms with van der Waals surface area (Å²) in [5.41, 5.74) is 4.38. The van der Waals surface area contributed by atoms with Gasteiger partial charge < -0.3 is 19.1 Å². The van der Waals surface area contributed by atoms with Crippen LogP contribution in [0.4, 0.5) is 0 Å². The molecule has 1 aromatic carbocycles. The van der Waals surface area contributed by atoms with Crippen molar-refractivity contribution in [2.75, 3.05) is 41.2 Å². The number of ether oxygens (including phenoxy) is 3. The van der Waals surface area contributed by atoms with Gasteiger partial charge >= 0.3 is 0 Å². The molecule has 0 saturated heterocycles. The molecule has 0 amide bonds. The quantitative estimate of drug-likeness (QED) is 0.731. The molecule has 142 valence electrons. The van der Waals surface area contributed by atoms with Crippen molar-refractivity contribution in [2.24, 2.45) is 0 Å². The number of rotatable bonds is 5. The van der Waals surface area contributed by atoms with Crippen LogP contribution >= 0.6 is 11.8 Å². The number of likely N-dealkylation sites (N-methyl/N-ethyl adjacent to an activating group) is 1.